The van der Waals surface area contributed by atoms with Gasteiger partial charge in [0, 0.05) is 53.7 Å². The van der Waals surface area contributed by atoms with Crippen LogP contribution in [0.15, 0.2) is 157 Å². The van der Waals surface area contributed by atoms with Gasteiger partial charge in [-0.05, 0) is 59.5 Å². The number of aromatic nitrogens is 2. The van der Waals surface area contributed by atoms with Gasteiger partial charge in [0.15, 0.2) is 0 Å². The van der Waals surface area contributed by atoms with Crippen LogP contribution in [-0.2, 0) is 0 Å². The molecule has 0 N–H and O–H groups in total. The number of nitrogens with zero attached hydrogens (tertiary/aromatic N) is 3. The predicted molar refractivity (Wildman–Crippen MR) is 219 cm³/mol. The lowest BCUT2D eigenvalue weighted by atomic mass is 9.99. The lowest BCUT2D eigenvalue weighted by molar-refractivity contribution is 1.07. The van der Waals surface area contributed by atoms with Gasteiger partial charge in [0.1, 0.15) is 5.00 Å². The van der Waals surface area contributed by atoms with Crippen LogP contribution >= 0.6 is 11.3 Å². The highest BCUT2D eigenvalue weighted by molar-refractivity contribution is 7.23. The van der Waals surface area contributed by atoms with Crippen LogP contribution in [0.3, 0.4) is 0 Å². The average Bonchev–Trinajstić information content (AvgIpc) is 3.91. The molecule has 12 rings (SSSR count). The molecule has 51 heavy (non-hydrogen) atoms. The van der Waals surface area contributed by atoms with Crippen molar-refractivity contribution in [2.24, 2.45) is 4.99 Å². The Morgan fingerprint density at radius 1 is 0.529 bits per heavy atom. The number of rotatable bonds is 2. The number of para-hydroxylation sites is 2. The van der Waals surface area contributed by atoms with E-state index >= 15 is 0 Å². The van der Waals surface area contributed by atoms with E-state index in [1.54, 1.807) is 11.3 Å². The Labute approximate surface area is 296 Å². The first kappa shape index (κ1) is 27.6. The average molecular weight is 668 g/mol. The Balaban J connectivity index is 1.28. The summed E-state index contributed by atoms with van der Waals surface area (Å²) in [6.45, 7) is 0. The second kappa shape index (κ2) is 10.2. The molecule has 0 atom stereocenters. The van der Waals surface area contributed by atoms with Crippen LogP contribution in [0.25, 0.3) is 86.5 Å². The Kier molecular flexibility index (Phi) is 5.49. The van der Waals surface area contributed by atoms with E-state index in [1.165, 1.54) is 97.6 Å². The van der Waals surface area contributed by atoms with Crippen molar-refractivity contribution in [1.29, 1.82) is 0 Å². The first-order chi connectivity index (χ1) is 25.3. The number of aliphatic imine (C=N–C) groups is 1. The minimum absolute atomic E-state index is 0.875. The fourth-order valence-electron chi connectivity index (χ4n) is 9.05. The lowest BCUT2D eigenvalue weighted by Crippen LogP contribution is -2.05. The van der Waals surface area contributed by atoms with Gasteiger partial charge in [-0.1, -0.05) is 121 Å². The topological polar surface area (TPSA) is 21.7 Å². The van der Waals surface area contributed by atoms with Gasteiger partial charge in [0.25, 0.3) is 0 Å². The van der Waals surface area contributed by atoms with E-state index in [4.69, 9.17) is 4.99 Å². The second-order valence-electron chi connectivity index (χ2n) is 13.8. The van der Waals surface area contributed by atoms with Gasteiger partial charge >= 0.3 is 0 Å². The van der Waals surface area contributed by atoms with Crippen molar-refractivity contribution in [3.63, 3.8) is 0 Å². The van der Waals surface area contributed by atoms with Crippen molar-refractivity contribution in [2.45, 2.75) is 12.8 Å². The molecule has 4 heteroatoms. The molecule has 0 spiro atoms. The van der Waals surface area contributed by atoms with E-state index in [9.17, 15) is 0 Å². The highest BCUT2D eigenvalue weighted by Gasteiger charge is 2.28. The van der Waals surface area contributed by atoms with Crippen LogP contribution in [0.2, 0.25) is 0 Å². The number of benzene rings is 7. The molecule has 0 fully saturated rings. The molecule has 5 heterocycles. The smallest absolute Gasteiger partial charge is 0.126 e. The maximum absolute atomic E-state index is 5.50. The largest absolute Gasteiger partial charge is 0.308 e. The van der Waals surface area contributed by atoms with E-state index in [-0.39, 0.29) is 0 Å². The summed E-state index contributed by atoms with van der Waals surface area (Å²) in [5.74, 6) is 0. The van der Waals surface area contributed by atoms with Gasteiger partial charge in [-0.3, -0.25) is 0 Å². The molecule has 1 aliphatic rings. The van der Waals surface area contributed by atoms with E-state index < -0.39 is 0 Å². The van der Waals surface area contributed by atoms with Gasteiger partial charge in [-0.15, -0.1) is 11.3 Å². The molecule has 1 aliphatic heterocycles. The number of fused-ring (bicyclic) bond motifs is 15. The van der Waals surface area contributed by atoms with Gasteiger partial charge in [0.2, 0.25) is 0 Å². The van der Waals surface area contributed by atoms with E-state index in [0.717, 1.165) is 23.6 Å². The summed E-state index contributed by atoms with van der Waals surface area (Å²) in [5.41, 5.74) is 11.1. The summed E-state index contributed by atoms with van der Waals surface area (Å²) >= 11 is 1.80. The second-order valence-corrected chi connectivity index (χ2v) is 14.8. The van der Waals surface area contributed by atoms with Crippen molar-refractivity contribution in [2.75, 3.05) is 0 Å². The summed E-state index contributed by atoms with van der Waals surface area (Å²) in [6.07, 6.45) is 4.25. The van der Waals surface area contributed by atoms with Gasteiger partial charge in [0.05, 0.1) is 33.3 Å². The molecule has 11 aromatic rings. The Hall–Kier alpha value is -6.23. The Morgan fingerprint density at radius 3 is 2.14 bits per heavy atom. The molecule has 238 valence electrons. The van der Waals surface area contributed by atoms with Gasteiger partial charge in [-0.25, -0.2) is 4.99 Å². The first-order valence-electron chi connectivity index (χ1n) is 17.7. The predicted octanol–water partition coefficient (Wildman–Crippen LogP) is 13.1. The van der Waals surface area contributed by atoms with Crippen molar-refractivity contribution < 1.29 is 0 Å². The zero-order valence-electron chi connectivity index (χ0n) is 27.6. The lowest BCUT2D eigenvalue weighted by Gasteiger charge is -2.17. The van der Waals surface area contributed by atoms with Gasteiger partial charge in [-0.2, -0.15) is 0 Å². The Morgan fingerprint density at radius 2 is 1.25 bits per heavy atom. The highest BCUT2D eigenvalue weighted by Crippen LogP contribution is 2.50. The fraction of sp³-hybridized carbons (Fsp3) is 0.0426. The molecule has 4 aromatic heterocycles. The van der Waals surface area contributed by atoms with E-state index in [2.05, 4.69) is 161 Å². The monoisotopic (exact) mass is 667 g/mol. The zero-order chi connectivity index (χ0) is 33.2. The SMILES string of the molecule is C1=C(n2c3ccccc3c3cc4c5c6ccccc6ccc5n5c6ccccc6c(c32)c45)c2c(sc3ccccc23)N=C(c2ccccc2)CC1. The molecule has 0 saturated carbocycles. The fourth-order valence-corrected chi connectivity index (χ4v) is 10.2. The normalized spacial score (nSPS) is 14.0. The highest BCUT2D eigenvalue weighted by atomic mass is 32.1. The third-order valence-corrected chi connectivity index (χ3v) is 12.2. The summed E-state index contributed by atoms with van der Waals surface area (Å²) in [7, 11) is 0. The molecular formula is C47H29N3S. The Bertz CT molecular complexity index is 3300. The number of hydrogen-bond acceptors (Lipinski definition) is 2. The van der Waals surface area contributed by atoms with Crippen LogP contribution in [0.5, 0.6) is 0 Å². The van der Waals surface area contributed by atoms with Gasteiger partial charge < -0.3 is 8.97 Å². The first-order valence-corrected chi connectivity index (χ1v) is 18.5. The van der Waals surface area contributed by atoms with Crippen LogP contribution in [0.1, 0.15) is 24.0 Å². The molecule has 3 nitrogen and oxygen atoms in total. The third kappa shape index (κ3) is 3.64. The standard InChI is InChI=1S/C47H29N3S/c1-2-14-29(15-3-1)36-20-12-23-39(43-33-19-8-11-24-41(33)51-47(43)48-36)49-37-21-9-6-17-31(37)34-27-35-42-30-16-5-4-13-28(30)25-26-40(42)50-38-22-10-7-18-32(38)44(45(34)49)46(35)50/h1-11,13-19,21-27H,12,20H2. The summed E-state index contributed by atoms with van der Waals surface area (Å²) in [5, 5.41) is 12.7. The third-order valence-electron chi connectivity index (χ3n) is 11.1. The molecule has 7 aromatic carbocycles. The zero-order valence-corrected chi connectivity index (χ0v) is 28.4. The van der Waals surface area contributed by atoms with Crippen molar-refractivity contribution in [3.8, 4) is 0 Å². The quantitative estimate of drug-likeness (QED) is 0.175. The summed E-state index contributed by atoms with van der Waals surface area (Å²) in [6, 6.07) is 53.5. The van der Waals surface area contributed by atoms with Crippen LogP contribution in [-0.4, -0.2) is 14.7 Å². The summed E-state index contributed by atoms with van der Waals surface area (Å²) < 4.78 is 6.37. The van der Waals surface area contributed by atoms with E-state index in [1.807, 2.05) is 0 Å². The van der Waals surface area contributed by atoms with Crippen molar-refractivity contribution >= 4 is 109 Å². The van der Waals surface area contributed by atoms with Crippen LogP contribution in [0, 0.1) is 0 Å². The molecular weight excluding hydrogens is 639 g/mol. The maximum Gasteiger partial charge on any atom is 0.126 e. The number of allylic oxidation sites excluding steroid dienone is 1. The molecule has 0 unspecified atom stereocenters. The van der Waals surface area contributed by atoms with E-state index in [0.29, 0.717) is 0 Å². The minimum Gasteiger partial charge on any atom is -0.308 e. The summed E-state index contributed by atoms with van der Waals surface area (Å²) in [4.78, 5) is 5.50. The minimum atomic E-state index is 0.875. The number of thiophene rings is 1. The molecule has 0 saturated heterocycles. The number of hydrogen-bond donors (Lipinski definition) is 0. The van der Waals surface area contributed by atoms with Crippen molar-refractivity contribution in [1.82, 2.24) is 8.97 Å². The molecule has 0 bridgehead atoms. The maximum atomic E-state index is 5.50. The molecule has 0 radical (unpaired) electrons. The molecule has 0 amide bonds. The van der Waals surface area contributed by atoms with Crippen LogP contribution in [0.4, 0.5) is 5.00 Å². The van der Waals surface area contributed by atoms with Crippen LogP contribution < -0.4 is 0 Å². The van der Waals surface area contributed by atoms with Crippen molar-refractivity contribution in [3.05, 3.63) is 163 Å². The molecule has 0 aliphatic carbocycles.